The van der Waals surface area contributed by atoms with Gasteiger partial charge in [-0.15, -0.1) is 0 Å². The molecule has 88 heavy (non-hydrogen) atoms. The Labute approximate surface area is 496 Å². The average molecular weight is 1300 g/mol. The van der Waals surface area contributed by atoms with Crippen LogP contribution in [0.1, 0.15) is 0 Å². The Balaban J connectivity index is 0.975. The highest BCUT2D eigenvalue weighted by atomic mass is 16.8. The monoisotopic (exact) mass is 1300 g/mol. The summed E-state index contributed by atoms with van der Waals surface area (Å²) in [6.07, 6.45) is -82.0. The molecule has 16 bridgehead atoms. The molecule has 0 aromatic rings. The summed E-state index contributed by atoms with van der Waals surface area (Å²) in [5, 5.41) is 265. The molecular weight excluding hydrogens is 1220 g/mol. The van der Waals surface area contributed by atoms with Crippen LogP contribution in [0.2, 0.25) is 0 Å². The van der Waals surface area contributed by atoms with Crippen molar-refractivity contribution in [2.75, 3.05) is 52.9 Å². The van der Waals surface area contributed by atoms with E-state index in [1.54, 1.807) is 0 Å². The number of hydrogen-bond acceptors (Lipinski definition) is 40. The summed E-state index contributed by atoms with van der Waals surface area (Å²) in [5.74, 6) is 0. The minimum atomic E-state index is -2.25. The van der Waals surface area contributed by atoms with Gasteiger partial charge in [-0.3, -0.25) is 0 Å². The lowest BCUT2D eigenvalue weighted by atomic mass is 9.94. The summed E-state index contributed by atoms with van der Waals surface area (Å²) < 4.78 is 91.1. The molecule has 24 N–H and O–H groups in total. The van der Waals surface area contributed by atoms with E-state index in [0.717, 1.165) is 0 Å². The van der Waals surface area contributed by atoms with Crippen LogP contribution in [-0.2, 0) is 75.8 Å². The number of aliphatic hydroxyl groups excluding tert-OH is 24. The first kappa shape index (κ1) is 70.7. The van der Waals surface area contributed by atoms with Crippen LogP contribution in [0.15, 0.2) is 0 Å². The molecule has 0 amide bonds. The van der Waals surface area contributed by atoms with E-state index in [-0.39, 0.29) is 0 Å². The smallest absolute Gasteiger partial charge is 0.187 e. The Kier molecular flexibility index (Phi) is 24.1. The summed E-state index contributed by atoms with van der Waals surface area (Å²) in [7, 11) is 0. The van der Waals surface area contributed by atoms with Crippen LogP contribution in [0.4, 0.5) is 0 Å². The molecule has 0 saturated carbocycles. The fraction of sp³-hybridized carbons (Fsp3) is 1.00. The van der Waals surface area contributed by atoms with E-state index in [1.165, 1.54) is 0 Å². The van der Waals surface area contributed by atoms with Gasteiger partial charge in [-0.1, -0.05) is 0 Å². The number of ether oxygens (including phenoxy) is 16. The molecule has 0 aromatic carbocycles. The van der Waals surface area contributed by atoms with Gasteiger partial charge in [0.2, 0.25) is 0 Å². The Bertz CT molecular complexity index is 1700. The van der Waals surface area contributed by atoms with Crippen molar-refractivity contribution in [1.82, 2.24) is 0 Å². The van der Waals surface area contributed by atoms with Crippen molar-refractivity contribution < 1.29 is 198 Å². The van der Waals surface area contributed by atoms with Crippen LogP contribution in [0, 0.1) is 0 Å². The SMILES string of the molecule is OCC1OC2O[C@@H]3C(CO)O[C@H](O[C@@H]4C(CO)O[C@H](O[C@@H]5C(CO)O[C@H](O[C@@H]6C(CO)OC(O[C@@H]7C(CO)O[C@H](O[C@@H]8C(CO)O[C@H](O[C@@H]9C(CO)OC(O[C@H]1[C@H](O)[C@@H]2O)[C@@H](O)[C@H]9O)C(O)[C@H]8O)C(O)[C@H]7O)[C@@H](O)[C@H]6O)C(O)[C@H]5O)C(O)[C@H]4O)C(O)[C@H]3O. The number of rotatable bonds is 8. The van der Waals surface area contributed by atoms with Crippen molar-refractivity contribution in [3.05, 3.63) is 0 Å². The molecule has 30 aliphatic heterocycles. The van der Waals surface area contributed by atoms with Gasteiger partial charge in [0.05, 0.1) is 52.9 Å². The molecule has 30 saturated heterocycles. The summed E-state index contributed by atoms with van der Waals surface area (Å²) in [4.78, 5) is 0. The fourth-order valence-electron chi connectivity index (χ4n) is 11.9. The van der Waals surface area contributed by atoms with Crippen LogP contribution in [0.25, 0.3) is 0 Å². The zero-order valence-corrected chi connectivity index (χ0v) is 46.0. The van der Waals surface area contributed by atoms with E-state index >= 15 is 0 Å². The highest BCUT2D eigenvalue weighted by molar-refractivity contribution is 5.02. The largest absolute Gasteiger partial charge is 0.394 e. The molecule has 0 aliphatic carbocycles. The van der Waals surface area contributed by atoms with E-state index in [1.807, 2.05) is 0 Å². The van der Waals surface area contributed by atoms with Crippen LogP contribution in [0.3, 0.4) is 0 Å². The second-order valence-electron chi connectivity index (χ2n) is 22.5. The molecule has 40 nitrogen and oxygen atoms in total. The number of aliphatic hydroxyl groups is 24. The van der Waals surface area contributed by atoms with Crippen LogP contribution in [-0.4, -0.2) is 421 Å². The highest BCUT2D eigenvalue weighted by Gasteiger charge is 2.60. The lowest BCUT2D eigenvalue weighted by molar-refractivity contribution is -0.404. The summed E-state index contributed by atoms with van der Waals surface area (Å²) in [5.41, 5.74) is 0. The third-order valence-electron chi connectivity index (χ3n) is 16.9. The first-order valence-corrected chi connectivity index (χ1v) is 28.1. The van der Waals surface area contributed by atoms with Crippen molar-refractivity contribution in [2.24, 2.45) is 0 Å². The van der Waals surface area contributed by atoms with Crippen molar-refractivity contribution in [1.29, 1.82) is 0 Å². The van der Waals surface area contributed by atoms with Gasteiger partial charge in [-0.25, -0.2) is 0 Å². The first-order valence-electron chi connectivity index (χ1n) is 28.1. The van der Waals surface area contributed by atoms with Gasteiger partial charge < -0.3 is 198 Å². The van der Waals surface area contributed by atoms with Gasteiger partial charge in [-0.2, -0.15) is 0 Å². The molecule has 30 fully saturated rings. The minimum absolute atomic E-state index is 1.08. The molecule has 40 heteroatoms. The second-order valence-corrected chi connectivity index (χ2v) is 22.5. The van der Waals surface area contributed by atoms with Gasteiger partial charge in [0, 0.05) is 0 Å². The van der Waals surface area contributed by atoms with E-state index in [4.69, 9.17) is 75.8 Å². The zero-order chi connectivity index (χ0) is 64.1. The lowest BCUT2D eigenvalue weighted by Crippen LogP contribution is -2.69. The normalized spacial score (nSPS) is 55.4. The highest BCUT2D eigenvalue weighted by Crippen LogP contribution is 2.40. The lowest BCUT2D eigenvalue weighted by Gasteiger charge is -2.50. The molecule has 512 valence electrons. The van der Waals surface area contributed by atoms with Gasteiger partial charge in [0.25, 0.3) is 0 Å². The maximum atomic E-state index is 11.4. The van der Waals surface area contributed by atoms with E-state index in [2.05, 4.69) is 0 Å². The maximum absolute atomic E-state index is 11.4. The van der Waals surface area contributed by atoms with E-state index < -0.39 is 299 Å². The predicted molar refractivity (Wildman–Crippen MR) is 261 cm³/mol. The average Bonchev–Trinajstić information content (AvgIpc) is 0.985. The van der Waals surface area contributed by atoms with E-state index in [9.17, 15) is 123 Å². The molecule has 0 aromatic heterocycles. The van der Waals surface area contributed by atoms with Crippen molar-refractivity contribution in [2.45, 2.75) is 246 Å². The topological polar surface area (TPSA) is 633 Å². The Morgan fingerprint density at radius 2 is 0.227 bits per heavy atom. The van der Waals surface area contributed by atoms with E-state index in [0.29, 0.717) is 0 Å². The standard InChI is InChI=1S/C48H80O40/c49-1-9-33-17(57)25(65)41(73-9)82-34-10(2-50)75-43(27(67)19(34)59)84-36-12(4-52)77-45(29(69)21(36)61)86-38-14(6-54)79-47(31(71)23(38)63)88-40-16(8-56)80-48(32(72)24(40)64)87-39-15(7-55)78-46(30(70)22(39)62)85-37-13(5-53)76-44(28(68)20(37)60)83-35-11(3-51)74-42(81-33)26(66)18(35)58/h9-72H,1-8H2/t9?,10?,11?,12?,13?,14?,15?,16?,17-,18-,19-,20-,21-,22-,23-,24-,25+,26+,27?,28?,29?,30?,31?,32+,33-,34-,35-,36-,37-,38-,39-,40-,41?,42?,43-,44-,45-,46-,47-,48?/m1/s1. The van der Waals surface area contributed by atoms with Gasteiger partial charge in [-0.05, 0) is 0 Å². The molecule has 40 atom stereocenters. The molecule has 16 unspecified atom stereocenters. The molecule has 0 radical (unpaired) electrons. The summed E-state index contributed by atoms with van der Waals surface area (Å²) in [6, 6.07) is 0. The molecule has 30 heterocycles. The van der Waals surface area contributed by atoms with Gasteiger partial charge in [0.15, 0.2) is 50.3 Å². The van der Waals surface area contributed by atoms with Crippen LogP contribution in [0.5, 0.6) is 0 Å². The first-order chi connectivity index (χ1) is 41.9. The summed E-state index contributed by atoms with van der Waals surface area (Å²) in [6.45, 7) is -8.64. The summed E-state index contributed by atoms with van der Waals surface area (Å²) >= 11 is 0. The quantitative estimate of drug-likeness (QED) is 0.107. The van der Waals surface area contributed by atoms with Crippen molar-refractivity contribution in [3.63, 3.8) is 0 Å². The molecular formula is C48H80O40. The Morgan fingerprint density at radius 1 is 0.136 bits per heavy atom. The Morgan fingerprint density at radius 3 is 0.307 bits per heavy atom. The molecule has 30 rings (SSSR count). The van der Waals surface area contributed by atoms with Crippen molar-refractivity contribution >= 4 is 0 Å². The van der Waals surface area contributed by atoms with Crippen molar-refractivity contribution in [3.8, 4) is 0 Å². The molecule has 0 spiro atoms. The predicted octanol–water partition coefficient (Wildman–Crippen LogP) is -17.4. The fourth-order valence-corrected chi connectivity index (χ4v) is 11.9. The second kappa shape index (κ2) is 30.0. The van der Waals surface area contributed by atoms with Gasteiger partial charge >= 0.3 is 0 Å². The van der Waals surface area contributed by atoms with Gasteiger partial charge in [0.1, 0.15) is 195 Å². The third-order valence-corrected chi connectivity index (χ3v) is 16.9. The third kappa shape index (κ3) is 13.8. The Hall–Kier alpha value is -1.60. The number of hydrogen-bond donors (Lipinski definition) is 24. The maximum Gasteiger partial charge on any atom is 0.187 e. The zero-order valence-electron chi connectivity index (χ0n) is 46.0. The van der Waals surface area contributed by atoms with Crippen LogP contribution >= 0.6 is 0 Å². The van der Waals surface area contributed by atoms with Crippen LogP contribution < -0.4 is 0 Å². The minimum Gasteiger partial charge on any atom is -0.394 e. The molecule has 30 aliphatic rings.